The molecule has 14 heteroatoms. The molecule has 1 aliphatic rings. The van der Waals surface area contributed by atoms with E-state index in [0.29, 0.717) is 49.3 Å². The number of anilines is 2. The molecule has 0 spiro atoms. The average molecular weight is 442 g/mol. The van der Waals surface area contributed by atoms with E-state index in [2.05, 4.69) is 35.3 Å². The first-order valence-electron chi connectivity index (χ1n) is 9.83. The lowest BCUT2D eigenvalue weighted by Gasteiger charge is -2.34. The Morgan fingerprint density at radius 3 is 2.12 bits per heavy atom. The van der Waals surface area contributed by atoms with Crippen molar-refractivity contribution in [3.8, 4) is 0 Å². The molecular weight excluding hydrogens is 420 g/mol. The summed E-state index contributed by atoms with van der Waals surface area (Å²) in [4.78, 5) is 46.3. The van der Waals surface area contributed by atoms with Crippen LogP contribution in [0.5, 0.6) is 0 Å². The van der Waals surface area contributed by atoms with Gasteiger partial charge in [0, 0.05) is 62.4 Å². The lowest BCUT2D eigenvalue weighted by atomic mass is 10.3. The molecule has 1 aliphatic heterocycles. The SMILES string of the molecule is [N-]=[N+]=Nc1cnc(N2CCN(c3ncc(C(=O)NCCOCCC(=O)O)cn3)CC2)nc1. The summed E-state index contributed by atoms with van der Waals surface area (Å²) in [5.41, 5.74) is 9.12. The Morgan fingerprint density at radius 1 is 1.03 bits per heavy atom. The molecule has 0 radical (unpaired) electrons. The van der Waals surface area contributed by atoms with Gasteiger partial charge in [-0.05, 0) is 5.53 Å². The summed E-state index contributed by atoms with van der Waals surface area (Å²) in [6.07, 6.45) is 5.81. The summed E-state index contributed by atoms with van der Waals surface area (Å²) < 4.78 is 5.12. The first kappa shape index (κ1) is 22.7. The summed E-state index contributed by atoms with van der Waals surface area (Å²) in [5, 5.41) is 14.7. The third kappa shape index (κ3) is 6.48. The number of rotatable bonds is 10. The number of ether oxygens (including phenoxy) is 1. The van der Waals surface area contributed by atoms with Gasteiger partial charge in [0.15, 0.2) is 0 Å². The van der Waals surface area contributed by atoms with Crippen molar-refractivity contribution in [1.29, 1.82) is 0 Å². The van der Waals surface area contributed by atoms with Crippen LogP contribution < -0.4 is 15.1 Å². The third-order valence-electron chi connectivity index (χ3n) is 4.52. The standard InChI is InChI=1S/C18H22N10O4/c19-26-25-14-11-23-18(24-12-14)28-5-3-27(4-6-28)17-21-9-13(10-22-17)16(31)20-2-8-32-7-1-15(29)30/h9-12H,1-8H2,(H,20,31)(H,29,30). The van der Waals surface area contributed by atoms with Crippen LogP contribution in [-0.2, 0) is 9.53 Å². The molecule has 2 aromatic rings. The molecule has 1 amide bonds. The van der Waals surface area contributed by atoms with Crippen molar-refractivity contribution in [2.24, 2.45) is 5.11 Å². The number of carbonyl (C=O) groups excluding carboxylic acids is 1. The number of nitrogens with zero attached hydrogens (tertiary/aromatic N) is 9. The normalized spacial score (nSPS) is 13.4. The zero-order chi connectivity index (χ0) is 22.8. The van der Waals surface area contributed by atoms with Crippen molar-refractivity contribution in [3.05, 3.63) is 40.8 Å². The van der Waals surface area contributed by atoms with Gasteiger partial charge in [-0.1, -0.05) is 5.11 Å². The van der Waals surface area contributed by atoms with Gasteiger partial charge >= 0.3 is 5.97 Å². The van der Waals surface area contributed by atoms with Gasteiger partial charge in [0.25, 0.3) is 5.91 Å². The first-order valence-corrected chi connectivity index (χ1v) is 9.83. The van der Waals surface area contributed by atoms with Crippen LogP contribution in [0.2, 0.25) is 0 Å². The number of carbonyl (C=O) groups is 2. The van der Waals surface area contributed by atoms with E-state index in [1.54, 1.807) is 0 Å². The summed E-state index contributed by atoms with van der Waals surface area (Å²) in [6, 6.07) is 0. The van der Waals surface area contributed by atoms with Crippen molar-refractivity contribution in [1.82, 2.24) is 25.3 Å². The highest BCUT2D eigenvalue weighted by Crippen LogP contribution is 2.16. The second-order valence-electron chi connectivity index (χ2n) is 6.69. The van der Waals surface area contributed by atoms with Crippen LogP contribution in [0.25, 0.3) is 10.4 Å². The third-order valence-corrected chi connectivity index (χ3v) is 4.52. The molecule has 32 heavy (non-hydrogen) atoms. The van der Waals surface area contributed by atoms with Gasteiger partial charge < -0.3 is 25.0 Å². The van der Waals surface area contributed by atoms with Crippen LogP contribution in [0.15, 0.2) is 29.9 Å². The minimum Gasteiger partial charge on any atom is -0.481 e. The van der Waals surface area contributed by atoms with Gasteiger partial charge in [0.2, 0.25) is 11.9 Å². The highest BCUT2D eigenvalue weighted by Gasteiger charge is 2.21. The molecule has 1 fully saturated rings. The summed E-state index contributed by atoms with van der Waals surface area (Å²) in [6.45, 7) is 3.21. The molecule has 168 valence electrons. The van der Waals surface area contributed by atoms with Crippen molar-refractivity contribution < 1.29 is 19.4 Å². The number of hydrogen-bond acceptors (Lipinski definition) is 10. The average Bonchev–Trinajstić information content (AvgIpc) is 2.82. The lowest BCUT2D eigenvalue weighted by Crippen LogP contribution is -2.47. The summed E-state index contributed by atoms with van der Waals surface area (Å²) in [5.74, 6) is -0.175. The Kier molecular flexibility index (Phi) is 8.06. The molecule has 3 heterocycles. The maximum Gasteiger partial charge on any atom is 0.305 e. The van der Waals surface area contributed by atoms with E-state index in [4.69, 9.17) is 15.4 Å². The van der Waals surface area contributed by atoms with Crippen LogP contribution in [0, 0.1) is 0 Å². The largest absolute Gasteiger partial charge is 0.481 e. The molecule has 0 atom stereocenters. The number of aromatic nitrogens is 4. The Morgan fingerprint density at radius 2 is 1.59 bits per heavy atom. The number of amides is 1. The van der Waals surface area contributed by atoms with E-state index in [1.807, 2.05) is 9.80 Å². The Bertz CT molecular complexity index is 955. The zero-order valence-electron chi connectivity index (χ0n) is 17.2. The summed E-state index contributed by atoms with van der Waals surface area (Å²) in [7, 11) is 0. The molecule has 1 saturated heterocycles. The van der Waals surface area contributed by atoms with Crippen LogP contribution in [0.4, 0.5) is 17.6 Å². The van der Waals surface area contributed by atoms with Crippen LogP contribution in [0.3, 0.4) is 0 Å². The van der Waals surface area contributed by atoms with E-state index >= 15 is 0 Å². The number of azide groups is 1. The number of carboxylic acids is 1. The van der Waals surface area contributed by atoms with Crippen LogP contribution in [0.1, 0.15) is 16.8 Å². The predicted molar refractivity (Wildman–Crippen MR) is 113 cm³/mol. The number of carboxylic acid groups (broad SMARTS) is 1. The fourth-order valence-corrected chi connectivity index (χ4v) is 2.89. The molecule has 0 aromatic carbocycles. The minimum atomic E-state index is -0.929. The van der Waals surface area contributed by atoms with Crippen molar-refractivity contribution in [2.45, 2.75) is 6.42 Å². The van der Waals surface area contributed by atoms with E-state index in [1.165, 1.54) is 24.8 Å². The van der Waals surface area contributed by atoms with Gasteiger partial charge in [0.1, 0.15) is 0 Å². The lowest BCUT2D eigenvalue weighted by molar-refractivity contribution is -0.138. The molecule has 3 rings (SSSR count). The van der Waals surface area contributed by atoms with Crippen LogP contribution in [-0.4, -0.2) is 82.9 Å². The number of hydrogen-bond donors (Lipinski definition) is 2. The molecule has 2 aromatic heterocycles. The van der Waals surface area contributed by atoms with Gasteiger partial charge in [-0.3, -0.25) is 9.59 Å². The van der Waals surface area contributed by atoms with Gasteiger partial charge in [-0.15, -0.1) is 0 Å². The first-order chi connectivity index (χ1) is 15.6. The van der Waals surface area contributed by atoms with Crippen LogP contribution >= 0.6 is 0 Å². The maximum atomic E-state index is 12.1. The highest BCUT2D eigenvalue weighted by molar-refractivity contribution is 5.93. The molecule has 0 aliphatic carbocycles. The summed E-state index contributed by atoms with van der Waals surface area (Å²) >= 11 is 0. The van der Waals surface area contributed by atoms with Crippen molar-refractivity contribution in [2.75, 3.05) is 55.7 Å². The van der Waals surface area contributed by atoms with Gasteiger partial charge in [-0.25, -0.2) is 19.9 Å². The van der Waals surface area contributed by atoms with E-state index in [0.717, 1.165) is 0 Å². The highest BCUT2D eigenvalue weighted by atomic mass is 16.5. The van der Waals surface area contributed by atoms with E-state index in [9.17, 15) is 9.59 Å². The van der Waals surface area contributed by atoms with Gasteiger partial charge in [0.05, 0.1) is 30.9 Å². The number of piperazine rings is 1. The Balaban J connectivity index is 1.43. The fourth-order valence-electron chi connectivity index (χ4n) is 2.89. The Labute approximate surface area is 182 Å². The second-order valence-corrected chi connectivity index (χ2v) is 6.69. The number of aliphatic carboxylic acids is 1. The second kappa shape index (κ2) is 11.4. The maximum absolute atomic E-state index is 12.1. The molecule has 2 N–H and O–H groups in total. The molecule has 0 saturated carbocycles. The fraction of sp³-hybridized carbons (Fsp3) is 0.444. The monoisotopic (exact) mass is 442 g/mol. The van der Waals surface area contributed by atoms with Crippen molar-refractivity contribution >= 4 is 29.5 Å². The molecule has 0 bridgehead atoms. The Hall–Kier alpha value is -4.03. The minimum absolute atomic E-state index is 0.0752. The zero-order valence-corrected chi connectivity index (χ0v) is 17.2. The van der Waals surface area contributed by atoms with E-state index in [-0.39, 0.29) is 32.1 Å². The quantitative estimate of drug-likeness (QED) is 0.230. The molecule has 0 unspecified atom stereocenters. The van der Waals surface area contributed by atoms with E-state index < -0.39 is 5.97 Å². The topological polar surface area (TPSA) is 182 Å². The predicted octanol–water partition coefficient (Wildman–Crippen LogP) is 0.756. The van der Waals surface area contributed by atoms with Crippen molar-refractivity contribution in [3.63, 3.8) is 0 Å². The molecule has 14 nitrogen and oxygen atoms in total. The number of nitrogens with one attached hydrogen (secondary N) is 1. The molecular formula is C18H22N10O4. The smallest absolute Gasteiger partial charge is 0.305 e. The van der Waals surface area contributed by atoms with Gasteiger partial charge in [-0.2, -0.15) is 0 Å².